The number of hydrogen-bond donors (Lipinski definition) is 1. The molecule has 0 spiro atoms. The van der Waals surface area contributed by atoms with Crippen molar-refractivity contribution in [2.75, 3.05) is 63.6 Å². The van der Waals surface area contributed by atoms with Crippen molar-refractivity contribution in [1.82, 2.24) is 29.5 Å². The van der Waals surface area contributed by atoms with E-state index in [1.54, 1.807) is 19.4 Å². The standard InChI is InChI=1S/C25H33N9O3/c1-18-14-21(28-25-26-7-4-24(29-25)33-17-20(16-27-33)34(35)36)23(37-3)15-22(18)32-8-5-19(6-9-32)31-12-10-30(2)11-13-31/h4,7,14-17,19H,5-6,8-13H2,1-3H3,(H,26,28,29). The zero-order chi connectivity index (χ0) is 25.9. The molecule has 12 heteroatoms. The average molecular weight is 508 g/mol. The number of nitrogens with zero attached hydrogens (tertiary/aromatic N) is 8. The molecule has 0 saturated carbocycles. The van der Waals surface area contributed by atoms with Crippen LogP contribution in [0.1, 0.15) is 18.4 Å². The lowest BCUT2D eigenvalue weighted by atomic mass is 10.0. The Morgan fingerprint density at radius 2 is 1.89 bits per heavy atom. The smallest absolute Gasteiger partial charge is 0.307 e. The van der Waals surface area contributed by atoms with E-state index in [-0.39, 0.29) is 5.69 Å². The summed E-state index contributed by atoms with van der Waals surface area (Å²) in [4.78, 5) is 26.8. The van der Waals surface area contributed by atoms with Crippen molar-refractivity contribution in [3.8, 4) is 11.6 Å². The molecular weight excluding hydrogens is 474 g/mol. The Morgan fingerprint density at radius 1 is 1.14 bits per heavy atom. The van der Waals surface area contributed by atoms with Gasteiger partial charge in [-0.05, 0) is 38.4 Å². The molecule has 0 atom stereocenters. The second-order valence-corrected chi connectivity index (χ2v) is 9.66. The summed E-state index contributed by atoms with van der Waals surface area (Å²) in [5.41, 5.74) is 2.96. The molecule has 1 N–H and O–H groups in total. The molecule has 0 bridgehead atoms. The quantitative estimate of drug-likeness (QED) is 0.378. The van der Waals surface area contributed by atoms with Gasteiger partial charge in [0.25, 0.3) is 0 Å². The molecule has 0 unspecified atom stereocenters. The Hall–Kier alpha value is -3.77. The third kappa shape index (κ3) is 5.49. The molecule has 4 heterocycles. The Morgan fingerprint density at radius 3 is 2.57 bits per heavy atom. The van der Waals surface area contributed by atoms with Crippen molar-refractivity contribution in [2.45, 2.75) is 25.8 Å². The highest BCUT2D eigenvalue weighted by Gasteiger charge is 2.27. The maximum atomic E-state index is 11.0. The lowest BCUT2D eigenvalue weighted by Gasteiger charge is -2.43. The summed E-state index contributed by atoms with van der Waals surface area (Å²) in [5, 5.41) is 18.2. The van der Waals surface area contributed by atoms with Crippen molar-refractivity contribution in [3.05, 3.63) is 52.5 Å². The van der Waals surface area contributed by atoms with Crippen molar-refractivity contribution < 1.29 is 9.66 Å². The summed E-state index contributed by atoms with van der Waals surface area (Å²) >= 11 is 0. The fraction of sp³-hybridized carbons (Fsp3) is 0.480. The number of rotatable bonds is 7. The number of nitrogens with one attached hydrogen (secondary N) is 1. The molecule has 0 aliphatic carbocycles. The molecule has 0 amide bonds. The normalized spacial score (nSPS) is 17.6. The minimum atomic E-state index is -0.492. The number of aromatic nitrogens is 4. The molecule has 12 nitrogen and oxygen atoms in total. The van der Waals surface area contributed by atoms with Gasteiger partial charge < -0.3 is 19.9 Å². The van der Waals surface area contributed by atoms with Crippen LogP contribution in [0.25, 0.3) is 5.82 Å². The number of piperazine rings is 1. The van der Waals surface area contributed by atoms with Crippen LogP contribution in [0.3, 0.4) is 0 Å². The molecule has 2 saturated heterocycles. The fourth-order valence-corrected chi connectivity index (χ4v) is 5.13. The van der Waals surface area contributed by atoms with Crippen LogP contribution < -0.4 is 15.0 Å². The minimum absolute atomic E-state index is 0.103. The van der Waals surface area contributed by atoms with E-state index >= 15 is 0 Å². The third-order valence-electron chi connectivity index (χ3n) is 7.28. The number of anilines is 3. The fourth-order valence-electron chi connectivity index (χ4n) is 5.13. The Bertz CT molecular complexity index is 1250. The molecule has 2 fully saturated rings. The van der Waals surface area contributed by atoms with Crippen molar-refractivity contribution in [1.29, 1.82) is 0 Å². The van der Waals surface area contributed by atoms with Crippen molar-refractivity contribution >= 4 is 23.0 Å². The van der Waals surface area contributed by atoms with E-state index in [2.05, 4.69) is 61.2 Å². The molecule has 2 aliphatic rings. The molecule has 0 radical (unpaired) electrons. The van der Waals surface area contributed by atoms with Crippen molar-refractivity contribution in [3.63, 3.8) is 0 Å². The Labute approximate surface area is 216 Å². The van der Waals surface area contributed by atoms with Gasteiger partial charge in [-0.2, -0.15) is 10.1 Å². The van der Waals surface area contributed by atoms with Gasteiger partial charge in [-0.15, -0.1) is 0 Å². The number of methoxy groups -OCH3 is 1. The number of aryl methyl sites for hydroxylation is 1. The molecule has 2 aliphatic heterocycles. The highest BCUT2D eigenvalue weighted by atomic mass is 16.6. The van der Waals surface area contributed by atoms with E-state index < -0.39 is 4.92 Å². The van der Waals surface area contributed by atoms with Gasteiger partial charge >= 0.3 is 5.69 Å². The van der Waals surface area contributed by atoms with Gasteiger partial charge in [0.2, 0.25) is 5.95 Å². The second kappa shape index (κ2) is 10.7. The van der Waals surface area contributed by atoms with Gasteiger partial charge in [0.05, 0.1) is 17.7 Å². The molecule has 196 valence electrons. The van der Waals surface area contributed by atoms with Gasteiger partial charge in [-0.25, -0.2) is 9.67 Å². The van der Waals surface area contributed by atoms with E-state index in [1.165, 1.54) is 22.8 Å². The summed E-state index contributed by atoms with van der Waals surface area (Å²) in [7, 11) is 3.85. The van der Waals surface area contributed by atoms with Crippen LogP contribution in [0.2, 0.25) is 0 Å². The largest absolute Gasteiger partial charge is 0.494 e. The van der Waals surface area contributed by atoms with Crippen LogP contribution in [0.4, 0.5) is 23.0 Å². The second-order valence-electron chi connectivity index (χ2n) is 9.66. The Kier molecular flexibility index (Phi) is 7.19. The lowest BCUT2D eigenvalue weighted by molar-refractivity contribution is -0.384. The molecule has 1 aromatic carbocycles. The van der Waals surface area contributed by atoms with Gasteiger partial charge in [0.15, 0.2) is 5.82 Å². The molecule has 3 aromatic rings. The first-order valence-electron chi connectivity index (χ1n) is 12.6. The van der Waals surface area contributed by atoms with E-state index in [1.807, 2.05) is 0 Å². The molecular formula is C25H33N9O3. The number of piperidine rings is 1. The number of nitro groups is 1. The van der Waals surface area contributed by atoms with Gasteiger partial charge in [-0.3, -0.25) is 15.0 Å². The zero-order valence-electron chi connectivity index (χ0n) is 21.5. The first-order valence-corrected chi connectivity index (χ1v) is 12.6. The summed E-state index contributed by atoms with van der Waals surface area (Å²) in [6, 6.07) is 6.43. The van der Waals surface area contributed by atoms with Crippen LogP contribution >= 0.6 is 0 Å². The number of likely N-dealkylation sites (N-methyl/N-ethyl adjacent to an activating group) is 1. The van der Waals surface area contributed by atoms with Gasteiger partial charge in [0.1, 0.15) is 18.1 Å². The van der Waals surface area contributed by atoms with Crippen molar-refractivity contribution in [2.24, 2.45) is 0 Å². The predicted molar refractivity (Wildman–Crippen MR) is 141 cm³/mol. The number of benzene rings is 1. The topological polar surface area (TPSA) is 118 Å². The first kappa shape index (κ1) is 24.9. The van der Waals surface area contributed by atoms with Crippen LogP contribution in [-0.2, 0) is 0 Å². The van der Waals surface area contributed by atoms with E-state index in [0.29, 0.717) is 23.6 Å². The average Bonchev–Trinajstić information content (AvgIpc) is 3.41. The van der Waals surface area contributed by atoms with E-state index in [4.69, 9.17) is 4.74 Å². The third-order valence-corrected chi connectivity index (χ3v) is 7.28. The summed E-state index contributed by atoms with van der Waals surface area (Å²) < 4.78 is 7.07. The van der Waals surface area contributed by atoms with Crippen LogP contribution in [0.15, 0.2) is 36.8 Å². The molecule has 2 aromatic heterocycles. The molecule has 5 rings (SSSR count). The van der Waals surface area contributed by atoms with Gasteiger partial charge in [0, 0.05) is 69.3 Å². The number of hydrogen-bond acceptors (Lipinski definition) is 10. The first-order chi connectivity index (χ1) is 17.9. The van der Waals surface area contributed by atoms with Crippen LogP contribution in [0, 0.1) is 17.0 Å². The van der Waals surface area contributed by atoms with E-state index in [9.17, 15) is 10.1 Å². The predicted octanol–water partition coefficient (Wildman–Crippen LogP) is 2.85. The van der Waals surface area contributed by atoms with Crippen LogP contribution in [-0.4, -0.2) is 93.9 Å². The summed E-state index contributed by atoms with van der Waals surface area (Å²) in [6.45, 7) is 8.78. The summed E-state index contributed by atoms with van der Waals surface area (Å²) in [6.07, 6.45) is 6.42. The van der Waals surface area contributed by atoms with Crippen LogP contribution in [0.5, 0.6) is 5.75 Å². The number of ether oxygens (including phenoxy) is 1. The lowest BCUT2D eigenvalue weighted by Crippen LogP contribution is -2.52. The van der Waals surface area contributed by atoms with Gasteiger partial charge in [-0.1, -0.05) is 0 Å². The maximum Gasteiger partial charge on any atom is 0.307 e. The highest BCUT2D eigenvalue weighted by molar-refractivity contribution is 5.71. The SMILES string of the molecule is COc1cc(N2CCC(N3CCN(C)CC3)CC2)c(C)cc1Nc1nccc(-n2cc([N+](=O)[O-])cn2)n1. The zero-order valence-corrected chi connectivity index (χ0v) is 21.5. The van der Waals surface area contributed by atoms with E-state index in [0.717, 1.165) is 63.4 Å². The highest BCUT2D eigenvalue weighted by Crippen LogP contribution is 2.36. The molecule has 37 heavy (non-hydrogen) atoms. The maximum absolute atomic E-state index is 11.0. The monoisotopic (exact) mass is 507 g/mol. The Balaban J connectivity index is 1.29. The minimum Gasteiger partial charge on any atom is -0.494 e. The summed E-state index contributed by atoms with van der Waals surface area (Å²) in [5.74, 6) is 1.46.